The Kier molecular flexibility index (Phi) is 4.96. The Hall–Kier alpha value is -1.79. The molecule has 7 heteroatoms. The number of carbonyl (C=O) groups excluding carboxylic acids is 1. The van der Waals surface area contributed by atoms with E-state index in [1.165, 1.54) is 25.1 Å². The molecule has 0 N–H and O–H groups in total. The minimum atomic E-state index is -4.42. The van der Waals surface area contributed by atoms with Gasteiger partial charge in [-0.1, -0.05) is 12.8 Å². The highest BCUT2D eigenvalue weighted by Crippen LogP contribution is 2.35. The first kappa shape index (κ1) is 17.0. The van der Waals surface area contributed by atoms with Crippen LogP contribution in [0, 0.1) is 5.92 Å². The van der Waals surface area contributed by atoms with Crippen molar-refractivity contribution in [2.24, 2.45) is 5.92 Å². The molecular formula is C17H22F3N3O. The first-order valence-electron chi connectivity index (χ1n) is 8.50. The monoisotopic (exact) mass is 341 g/mol. The maximum atomic E-state index is 13.1. The van der Waals surface area contributed by atoms with Gasteiger partial charge in [0.05, 0.1) is 5.56 Å². The Bertz CT molecular complexity index is 577. The van der Waals surface area contributed by atoms with Crippen molar-refractivity contribution in [2.45, 2.75) is 38.3 Å². The average molecular weight is 341 g/mol. The molecule has 0 atom stereocenters. The number of nitrogens with zero attached hydrogens (tertiary/aromatic N) is 3. The third-order valence-corrected chi connectivity index (χ3v) is 4.96. The lowest BCUT2D eigenvalue weighted by atomic mass is 10.0. The summed E-state index contributed by atoms with van der Waals surface area (Å²) < 4.78 is 39.3. The van der Waals surface area contributed by atoms with Crippen LogP contribution in [0.2, 0.25) is 0 Å². The molecule has 1 aromatic rings. The number of hydrogen-bond donors (Lipinski definition) is 0. The summed E-state index contributed by atoms with van der Waals surface area (Å²) in [5.74, 6) is 0.592. The third-order valence-electron chi connectivity index (χ3n) is 4.96. The van der Waals surface area contributed by atoms with Gasteiger partial charge < -0.3 is 9.80 Å². The number of rotatable bonds is 3. The Morgan fingerprint density at radius 3 is 2.46 bits per heavy atom. The van der Waals surface area contributed by atoms with Crippen LogP contribution in [-0.4, -0.2) is 42.0 Å². The zero-order valence-corrected chi connectivity index (χ0v) is 13.6. The number of hydrogen-bond acceptors (Lipinski definition) is 3. The summed E-state index contributed by atoms with van der Waals surface area (Å²) in [5.41, 5.74) is -0.712. The first-order valence-corrected chi connectivity index (χ1v) is 8.50. The molecule has 0 bridgehead atoms. The molecule has 1 saturated carbocycles. The van der Waals surface area contributed by atoms with Crippen molar-refractivity contribution in [1.29, 1.82) is 0 Å². The number of alkyl halides is 3. The van der Waals surface area contributed by atoms with Crippen LogP contribution in [-0.2, 0) is 11.0 Å². The highest BCUT2D eigenvalue weighted by atomic mass is 19.4. The van der Waals surface area contributed by atoms with Crippen molar-refractivity contribution < 1.29 is 18.0 Å². The number of amides is 1. The van der Waals surface area contributed by atoms with Gasteiger partial charge in [0, 0.05) is 38.8 Å². The molecule has 1 amide bonds. The van der Waals surface area contributed by atoms with Gasteiger partial charge in [-0.3, -0.25) is 4.79 Å². The molecule has 1 saturated heterocycles. The summed E-state index contributed by atoms with van der Waals surface area (Å²) in [7, 11) is 0. The van der Waals surface area contributed by atoms with Crippen LogP contribution >= 0.6 is 0 Å². The van der Waals surface area contributed by atoms with E-state index in [1.807, 2.05) is 0 Å². The molecule has 0 radical (unpaired) electrons. The predicted molar refractivity (Wildman–Crippen MR) is 84.6 cm³/mol. The fourth-order valence-corrected chi connectivity index (χ4v) is 3.63. The second kappa shape index (κ2) is 6.99. The van der Waals surface area contributed by atoms with Crippen LogP contribution in [0.3, 0.4) is 0 Å². The number of carbonyl (C=O) groups is 1. The topological polar surface area (TPSA) is 36.4 Å². The van der Waals surface area contributed by atoms with Crippen molar-refractivity contribution in [3.63, 3.8) is 0 Å². The lowest BCUT2D eigenvalue weighted by Gasteiger charge is -2.36. The van der Waals surface area contributed by atoms with Gasteiger partial charge in [0.1, 0.15) is 5.82 Å². The van der Waals surface area contributed by atoms with Gasteiger partial charge in [0.2, 0.25) is 5.91 Å². The van der Waals surface area contributed by atoms with E-state index in [1.54, 1.807) is 9.80 Å². The standard InChI is InChI=1S/C17H22F3N3O/c18-17(19,20)14-6-3-7-21-16(14)23-10-8-22(9-11-23)15(24)12-13-4-1-2-5-13/h3,6-7,13H,1-2,4-5,8-12H2. The van der Waals surface area contributed by atoms with Crippen LogP contribution in [0.4, 0.5) is 19.0 Å². The zero-order valence-electron chi connectivity index (χ0n) is 13.6. The molecule has 0 spiro atoms. The van der Waals surface area contributed by atoms with E-state index < -0.39 is 11.7 Å². The van der Waals surface area contributed by atoms with Crippen molar-refractivity contribution >= 4 is 11.7 Å². The van der Waals surface area contributed by atoms with Crippen LogP contribution < -0.4 is 4.90 Å². The summed E-state index contributed by atoms with van der Waals surface area (Å²) in [6.45, 7) is 1.69. The number of anilines is 1. The molecule has 1 aliphatic carbocycles. The Balaban J connectivity index is 1.60. The molecule has 2 fully saturated rings. The van der Waals surface area contributed by atoms with Crippen molar-refractivity contribution in [2.75, 3.05) is 31.1 Å². The smallest absolute Gasteiger partial charge is 0.353 e. The lowest BCUT2D eigenvalue weighted by molar-refractivity contribution is -0.137. The minimum Gasteiger partial charge on any atom is -0.353 e. The molecule has 0 aromatic carbocycles. The highest BCUT2D eigenvalue weighted by Gasteiger charge is 2.36. The second-order valence-electron chi connectivity index (χ2n) is 6.59. The lowest BCUT2D eigenvalue weighted by Crippen LogP contribution is -2.49. The molecular weight excluding hydrogens is 319 g/mol. The summed E-state index contributed by atoms with van der Waals surface area (Å²) >= 11 is 0. The molecule has 1 aliphatic heterocycles. The van der Waals surface area contributed by atoms with E-state index in [-0.39, 0.29) is 11.7 Å². The molecule has 2 aliphatic rings. The number of halogens is 3. The fourth-order valence-electron chi connectivity index (χ4n) is 3.63. The fraction of sp³-hybridized carbons (Fsp3) is 0.647. The maximum Gasteiger partial charge on any atom is 0.419 e. The minimum absolute atomic E-state index is 0.0344. The van der Waals surface area contributed by atoms with Gasteiger partial charge in [-0.25, -0.2) is 4.98 Å². The quantitative estimate of drug-likeness (QED) is 0.846. The Labute approximate surface area is 139 Å². The highest BCUT2D eigenvalue weighted by molar-refractivity contribution is 5.76. The van der Waals surface area contributed by atoms with E-state index in [0.717, 1.165) is 18.9 Å². The molecule has 132 valence electrons. The average Bonchev–Trinajstić information content (AvgIpc) is 3.07. The predicted octanol–water partition coefficient (Wildman–Crippen LogP) is 3.33. The van der Waals surface area contributed by atoms with E-state index in [9.17, 15) is 18.0 Å². The first-order chi connectivity index (χ1) is 11.4. The summed E-state index contributed by atoms with van der Waals surface area (Å²) in [6.07, 6.45) is 2.18. The molecule has 24 heavy (non-hydrogen) atoms. The summed E-state index contributed by atoms with van der Waals surface area (Å²) in [4.78, 5) is 19.7. The molecule has 0 unspecified atom stereocenters. The molecule has 4 nitrogen and oxygen atoms in total. The van der Waals surface area contributed by atoms with Gasteiger partial charge in [0.25, 0.3) is 0 Å². The molecule has 2 heterocycles. The van der Waals surface area contributed by atoms with Gasteiger partial charge >= 0.3 is 6.18 Å². The van der Waals surface area contributed by atoms with E-state index in [0.29, 0.717) is 38.5 Å². The van der Waals surface area contributed by atoms with E-state index >= 15 is 0 Å². The van der Waals surface area contributed by atoms with Gasteiger partial charge in [-0.15, -0.1) is 0 Å². The van der Waals surface area contributed by atoms with Gasteiger partial charge in [0.15, 0.2) is 0 Å². The number of pyridine rings is 1. The molecule has 3 rings (SSSR count). The van der Waals surface area contributed by atoms with E-state index in [4.69, 9.17) is 0 Å². The summed E-state index contributed by atoms with van der Waals surface area (Å²) in [5, 5.41) is 0. The summed E-state index contributed by atoms with van der Waals surface area (Å²) in [6, 6.07) is 2.35. The zero-order chi connectivity index (χ0) is 17.2. The van der Waals surface area contributed by atoms with Crippen LogP contribution in [0.25, 0.3) is 0 Å². The Morgan fingerprint density at radius 1 is 1.17 bits per heavy atom. The largest absolute Gasteiger partial charge is 0.419 e. The normalized spacial score (nSPS) is 19.8. The van der Waals surface area contributed by atoms with E-state index in [2.05, 4.69) is 4.98 Å². The maximum absolute atomic E-state index is 13.1. The number of aromatic nitrogens is 1. The van der Waals surface area contributed by atoms with Crippen molar-refractivity contribution in [3.8, 4) is 0 Å². The molecule has 1 aromatic heterocycles. The van der Waals surface area contributed by atoms with Crippen molar-refractivity contribution in [3.05, 3.63) is 23.9 Å². The van der Waals surface area contributed by atoms with Gasteiger partial charge in [-0.05, 0) is 30.9 Å². The SMILES string of the molecule is O=C(CC1CCCC1)N1CCN(c2ncccc2C(F)(F)F)CC1. The second-order valence-corrected chi connectivity index (χ2v) is 6.59. The number of piperazine rings is 1. The van der Waals surface area contributed by atoms with Gasteiger partial charge in [-0.2, -0.15) is 13.2 Å². The third kappa shape index (κ3) is 3.82. The Morgan fingerprint density at radius 2 is 1.83 bits per heavy atom. The van der Waals surface area contributed by atoms with Crippen LogP contribution in [0.15, 0.2) is 18.3 Å². The van der Waals surface area contributed by atoms with Crippen molar-refractivity contribution in [1.82, 2.24) is 9.88 Å². The van der Waals surface area contributed by atoms with Crippen LogP contribution in [0.1, 0.15) is 37.7 Å². The van der Waals surface area contributed by atoms with Crippen LogP contribution in [0.5, 0.6) is 0 Å².